The highest BCUT2D eigenvalue weighted by molar-refractivity contribution is 6.34. The lowest BCUT2D eigenvalue weighted by Gasteiger charge is -2.11. The Morgan fingerprint density at radius 3 is 2.83 bits per heavy atom. The Bertz CT molecular complexity index is 541. The number of hydrogen-bond acceptors (Lipinski definition) is 2. The minimum Gasteiger partial charge on any atom is -0.348 e. The topological polar surface area (TPSA) is 57.8 Å². The molecule has 0 fully saturated rings. The van der Waals surface area contributed by atoms with Crippen LogP contribution < -0.4 is 5.32 Å². The number of rotatable bonds is 3. The molecule has 2 aromatic rings. The van der Waals surface area contributed by atoms with E-state index in [2.05, 4.69) is 15.3 Å². The predicted molar refractivity (Wildman–Crippen MR) is 71.8 cm³/mol. The van der Waals surface area contributed by atoms with E-state index in [0.717, 1.165) is 16.8 Å². The van der Waals surface area contributed by atoms with E-state index in [-0.39, 0.29) is 12.3 Å². The van der Waals surface area contributed by atoms with Gasteiger partial charge in [0.05, 0.1) is 23.5 Å². The molecule has 0 saturated carbocycles. The van der Waals surface area contributed by atoms with E-state index in [9.17, 15) is 4.79 Å². The lowest BCUT2D eigenvalue weighted by atomic mass is 10.1. The molecule has 1 heterocycles. The second-order valence-corrected chi connectivity index (χ2v) is 4.65. The van der Waals surface area contributed by atoms with Crippen molar-refractivity contribution >= 4 is 23.2 Å². The lowest BCUT2D eigenvalue weighted by molar-refractivity contribution is -0.115. The van der Waals surface area contributed by atoms with E-state index in [1.54, 1.807) is 12.5 Å². The molecule has 1 aromatic carbocycles. The quantitative estimate of drug-likeness (QED) is 0.895. The van der Waals surface area contributed by atoms with E-state index in [1.807, 2.05) is 26.0 Å². The van der Waals surface area contributed by atoms with Crippen LogP contribution in [0, 0.1) is 13.8 Å². The van der Waals surface area contributed by atoms with Crippen LogP contribution in [0.4, 0.5) is 5.69 Å². The van der Waals surface area contributed by atoms with Gasteiger partial charge in [0.1, 0.15) is 0 Å². The van der Waals surface area contributed by atoms with Gasteiger partial charge in [-0.05, 0) is 31.0 Å². The first-order valence-corrected chi connectivity index (χ1v) is 5.98. The van der Waals surface area contributed by atoms with Crippen molar-refractivity contribution in [2.45, 2.75) is 20.3 Å². The Morgan fingerprint density at radius 1 is 1.44 bits per heavy atom. The molecular weight excluding hydrogens is 250 g/mol. The van der Waals surface area contributed by atoms with Gasteiger partial charge in [0, 0.05) is 11.9 Å². The maximum Gasteiger partial charge on any atom is 0.230 e. The molecule has 18 heavy (non-hydrogen) atoms. The average Bonchev–Trinajstić information content (AvgIpc) is 2.76. The molecule has 0 aliphatic heterocycles. The Hall–Kier alpha value is -1.81. The summed E-state index contributed by atoms with van der Waals surface area (Å²) in [5, 5.41) is 3.39. The van der Waals surface area contributed by atoms with Crippen molar-refractivity contribution < 1.29 is 4.79 Å². The van der Waals surface area contributed by atoms with E-state index in [0.29, 0.717) is 10.7 Å². The van der Waals surface area contributed by atoms with Crippen molar-refractivity contribution in [1.29, 1.82) is 0 Å². The summed E-state index contributed by atoms with van der Waals surface area (Å²) in [7, 11) is 0. The third-order valence-electron chi connectivity index (χ3n) is 2.60. The van der Waals surface area contributed by atoms with Crippen LogP contribution in [0.5, 0.6) is 0 Å². The van der Waals surface area contributed by atoms with Gasteiger partial charge in [0.25, 0.3) is 0 Å². The summed E-state index contributed by atoms with van der Waals surface area (Å²) in [5.74, 6) is -0.117. The Morgan fingerprint density at radius 2 is 2.22 bits per heavy atom. The van der Waals surface area contributed by atoms with Crippen molar-refractivity contribution in [2.75, 3.05) is 5.32 Å². The molecule has 0 unspecified atom stereocenters. The van der Waals surface area contributed by atoms with Gasteiger partial charge in [-0.15, -0.1) is 0 Å². The number of anilines is 1. The van der Waals surface area contributed by atoms with Crippen LogP contribution in [0.1, 0.15) is 16.8 Å². The van der Waals surface area contributed by atoms with Gasteiger partial charge in [-0.2, -0.15) is 0 Å². The smallest absolute Gasteiger partial charge is 0.230 e. The van der Waals surface area contributed by atoms with Crippen LogP contribution in [0.25, 0.3) is 0 Å². The zero-order valence-corrected chi connectivity index (χ0v) is 11.0. The predicted octanol–water partition coefficient (Wildman–Crippen LogP) is 2.86. The molecule has 0 radical (unpaired) electrons. The fourth-order valence-electron chi connectivity index (χ4n) is 1.81. The van der Waals surface area contributed by atoms with Crippen LogP contribution in [-0.4, -0.2) is 15.9 Å². The number of benzene rings is 1. The van der Waals surface area contributed by atoms with E-state index < -0.39 is 0 Å². The Balaban J connectivity index is 2.12. The van der Waals surface area contributed by atoms with Gasteiger partial charge in [-0.1, -0.05) is 17.7 Å². The van der Waals surface area contributed by atoms with Gasteiger partial charge < -0.3 is 10.3 Å². The van der Waals surface area contributed by atoms with Gasteiger partial charge in [-0.25, -0.2) is 4.98 Å². The summed E-state index contributed by atoms with van der Waals surface area (Å²) in [5.41, 5.74) is 3.47. The first-order chi connectivity index (χ1) is 8.56. The molecule has 2 N–H and O–H groups in total. The van der Waals surface area contributed by atoms with Gasteiger partial charge in [0.15, 0.2) is 0 Å². The maximum atomic E-state index is 11.9. The minimum atomic E-state index is -0.117. The first-order valence-electron chi connectivity index (χ1n) is 5.60. The first kappa shape index (κ1) is 12.6. The van der Waals surface area contributed by atoms with Crippen molar-refractivity contribution in [1.82, 2.24) is 9.97 Å². The number of halogens is 1. The van der Waals surface area contributed by atoms with Crippen molar-refractivity contribution in [3.63, 3.8) is 0 Å². The van der Waals surface area contributed by atoms with Gasteiger partial charge in [0.2, 0.25) is 5.91 Å². The summed E-state index contributed by atoms with van der Waals surface area (Å²) in [4.78, 5) is 18.6. The average molecular weight is 264 g/mol. The largest absolute Gasteiger partial charge is 0.348 e. The monoisotopic (exact) mass is 263 g/mol. The highest BCUT2D eigenvalue weighted by atomic mass is 35.5. The van der Waals surface area contributed by atoms with Gasteiger partial charge >= 0.3 is 0 Å². The van der Waals surface area contributed by atoms with Crippen molar-refractivity contribution in [3.05, 3.63) is 46.5 Å². The molecule has 0 atom stereocenters. The number of aromatic amines is 1. The molecule has 0 saturated heterocycles. The zero-order chi connectivity index (χ0) is 13.1. The SMILES string of the molecule is Cc1cc(C)c(NC(=O)Cc2cnc[nH]2)c(Cl)c1. The molecule has 0 aliphatic rings. The van der Waals surface area contributed by atoms with E-state index in [1.165, 1.54) is 0 Å². The molecule has 1 amide bonds. The second kappa shape index (κ2) is 5.23. The van der Waals surface area contributed by atoms with Crippen LogP contribution in [0.3, 0.4) is 0 Å². The lowest BCUT2D eigenvalue weighted by Crippen LogP contribution is -2.15. The van der Waals surface area contributed by atoms with Crippen LogP contribution in [0.15, 0.2) is 24.7 Å². The standard InChI is InChI=1S/C13H14ClN3O/c1-8-3-9(2)13(11(14)4-8)17-12(18)5-10-6-15-7-16-10/h3-4,6-7H,5H2,1-2H3,(H,15,16)(H,17,18). The van der Waals surface area contributed by atoms with Crippen molar-refractivity contribution in [3.8, 4) is 0 Å². The molecule has 0 aliphatic carbocycles. The number of amides is 1. The number of nitrogens with zero attached hydrogens (tertiary/aromatic N) is 1. The number of nitrogens with one attached hydrogen (secondary N) is 2. The fraction of sp³-hybridized carbons (Fsp3) is 0.231. The highest BCUT2D eigenvalue weighted by Crippen LogP contribution is 2.27. The third-order valence-corrected chi connectivity index (χ3v) is 2.90. The van der Waals surface area contributed by atoms with Crippen LogP contribution >= 0.6 is 11.6 Å². The molecule has 2 rings (SSSR count). The number of carbonyl (C=O) groups is 1. The highest BCUT2D eigenvalue weighted by Gasteiger charge is 2.10. The van der Waals surface area contributed by atoms with Gasteiger partial charge in [-0.3, -0.25) is 4.79 Å². The fourth-order valence-corrected chi connectivity index (χ4v) is 2.18. The molecule has 0 bridgehead atoms. The van der Waals surface area contributed by atoms with E-state index >= 15 is 0 Å². The Kier molecular flexibility index (Phi) is 3.67. The molecule has 1 aromatic heterocycles. The summed E-state index contributed by atoms with van der Waals surface area (Å²) in [6.07, 6.45) is 3.43. The van der Waals surface area contributed by atoms with Crippen LogP contribution in [-0.2, 0) is 11.2 Å². The number of hydrogen-bond donors (Lipinski definition) is 2. The molecule has 5 heteroatoms. The van der Waals surface area contributed by atoms with Crippen LogP contribution in [0.2, 0.25) is 5.02 Å². The zero-order valence-electron chi connectivity index (χ0n) is 10.2. The number of imidazole rings is 1. The molecule has 4 nitrogen and oxygen atoms in total. The number of carbonyl (C=O) groups excluding carboxylic acids is 1. The number of aryl methyl sites for hydroxylation is 2. The molecular formula is C13H14ClN3O. The second-order valence-electron chi connectivity index (χ2n) is 4.24. The number of aromatic nitrogens is 2. The summed E-state index contributed by atoms with van der Waals surface area (Å²) >= 11 is 6.13. The van der Waals surface area contributed by atoms with Crippen molar-refractivity contribution in [2.24, 2.45) is 0 Å². The maximum absolute atomic E-state index is 11.9. The minimum absolute atomic E-state index is 0.117. The summed E-state index contributed by atoms with van der Waals surface area (Å²) in [6.45, 7) is 3.89. The summed E-state index contributed by atoms with van der Waals surface area (Å²) < 4.78 is 0. The van der Waals surface area contributed by atoms with E-state index in [4.69, 9.17) is 11.6 Å². The normalized spacial score (nSPS) is 10.4. The summed E-state index contributed by atoms with van der Waals surface area (Å²) in [6, 6.07) is 3.82. The molecule has 0 spiro atoms. The Labute approximate surface area is 110 Å². The third kappa shape index (κ3) is 2.90. The molecule has 94 valence electrons. The number of H-pyrrole nitrogens is 1.